The molecule has 14 heavy (non-hydrogen) atoms. The minimum Gasteiger partial charge on any atom is -0.550 e. The standard InChI is InChI=1S/C7H14N2O.C2H4O2/c8-4-1-2-6-3-5-9-7(6)10;1-2(3)4/h6H,1-5,8H2,(H,9,10);1H3,(H,3,4). The van der Waals surface area contributed by atoms with E-state index in [2.05, 4.69) is 0 Å². The number of aliphatic carboxylic acids is 1. The van der Waals surface area contributed by atoms with Gasteiger partial charge in [-0.15, -0.1) is 0 Å². The van der Waals surface area contributed by atoms with Gasteiger partial charge < -0.3 is 15.6 Å². The van der Waals surface area contributed by atoms with E-state index in [0.717, 1.165) is 32.7 Å². The number of amides is 1. The fraction of sp³-hybridized carbons (Fsp3) is 0.778. The highest BCUT2D eigenvalue weighted by Gasteiger charge is 2.27. The number of nitrogens with two attached hydrogens (primary N) is 2. The summed E-state index contributed by atoms with van der Waals surface area (Å²) in [7, 11) is 0. The topological polar surface area (TPSA) is 99.8 Å². The van der Waals surface area contributed by atoms with E-state index in [1.165, 1.54) is 0 Å². The highest BCUT2D eigenvalue weighted by molar-refractivity contribution is 5.69. The summed E-state index contributed by atoms with van der Waals surface area (Å²) in [6.07, 6.45) is 3.04. The molecule has 0 aromatic heterocycles. The van der Waals surface area contributed by atoms with E-state index in [1.807, 2.05) is 0 Å². The summed E-state index contributed by atoms with van der Waals surface area (Å²) in [6, 6.07) is 0. The predicted molar refractivity (Wildman–Crippen MR) is 48.9 cm³/mol. The lowest BCUT2D eigenvalue weighted by molar-refractivity contribution is -0.555. The van der Waals surface area contributed by atoms with Gasteiger partial charge in [0.25, 0.3) is 0 Å². The van der Waals surface area contributed by atoms with E-state index in [-0.39, 0.29) is 0 Å². The van der Waals surface area contributed by atoms with Crippen molar-refractivity contribution in [2.24, 2.45) is 11.7 Å². The molecular formula is C9H18N2O3. The smallest absolute Gasteiger partial charge is 0.313 e. The first kappa shape index (κ1) is 13.1. The fourth-order valence-corrected chi connectivity index (χ4v) is 1.39. The quantitative estimate of drug-likeness (QED) is 0.532. The number of carboxylic acids is 1. The Hall–Kier alpha value is -0.940. The number of hydrogen-bond donors (Lipinski definition) is 2. The van der Waals surface area contributed by atoms with Gasteiger partial charge in [0.05, 0.1) is 12.5 Å². The van der Waals surface area contributed by atoms with Crippen molar-refractivity contribution in [1.29, 1.82) is 0 Å². The summed E-state index contributed by atoms with van der Waals surface area (Å²) in [5, 5.41) is 10.7. The summed E-state index contributed by atoms with van der Waals surface area (Å²) in [5.74, 6) is -0.433. The largest absolute Gasteiger partial charge is 0.550 e. The van der Waals surface area contributed by atoms with Crippen LogP contribution in [0.25, 0.3) is 0 Å². The van der Waals surface area contributed by atoms with Gasteiger partial charge in [0.2, 0.25) is 0 Å². The number of rotatable bonds is 3. The number of primary amides is 1. The van der Waals surface area contributed by atoms with Crippen LogP contribution in [0, 0.1) is 5.92 Å². The van der Waals surface area contributed by atoms with Gasteiger partial charge in [-0.1, -0.05) is 0 Å². The molecule has 1 aliphatic rings. The van der Waals surface area contributed by atoms with Crippen molar-refractivity contribution in [3.8, 4) is 0 Å². The molecule has 0 saturated carbocycles. The Morgan fingerprint density at radius 3 is 2.64 bits per heavy atom. The zero-order valence-corrected chi connectivity index (χ0v) is 8.49. The maximum atomic E-state index is 11.0. The minimum absolute atomic E-state index is 0.309. The van der Waals surface area contributed by atoms with Crippen LogP contribution in [0.1, 0.15) is 26.2 Å². The molecule has 0 spiro atoms. The molecule has 1 amide bonds. The van der Waals surface area contributed by atoms with Gasteiger partial charge in [-0.2, -0.15) is 0 Å². The minimum atomic E-state index is -1.08. The SMILES string of the molecule is CC(=O)[O-].NCCCC1CC[NH2+]C1=O. The fourth-order valence-electron chi connectivity index (χ4n) is 1.39. The molecule has 1 rings (SSSR count). The Bertz CT molecular complexity index is 190. The summed E-state index contributed by atoms with van der Waals surface area (Å²) in [5.41, 5.74) is 5.33. The highest BCUT2D eigenvalue weighted by atomic mass is 16.4. The molecule has 0 radical (unpaired) electrons. The normalized spacial score (nSPS) is 20.1. The van der Waals surface area contributed by atoms with E-state index in [0.29, 0.717) is 18.4 Å². The van der Waals surface area contributed by atoms with Gasteiger partial charge in [-0.25, -0.2) is 4.79 Å². The number of carboxylic acid groups (broad SMARTS) is 1. The lowest BCUT2D eigenvalue weighted by Gasteiger charge is -1.99. The van der Waals surface area contributed by atoms with Crippen molar-refractivity contribution < 1.29 is 20.0 Å². The molecule has 0 aromatic rings. The molecule has 1 aliphatic heterocycles. The summed E-state index contributed by atoms with van der Waals surface area (Å²) >= 11 is 0. The van der Waals surface area contributed by atoms with Gasteiger partial charge in [0, 0.05) is 12.4 Å². The zero-order chi connectivity index (χ0) is 11.0. The number of carbonyl (C=O) groups is 2. The molecular weight excluding hydrogens is 184 g/mol. The molecule has 0 aliphatic carbocycles. The Labute approximate surface area is 83.7 Å². The van der Waals surface area contributed by atoms with Gasteiger partial charge in [0.1, 0.15) is 0 Å². The van der Waals surface area contributed by atoms with Gasteiger partial charge >= 0.3 is 5.91 Å². The van der Waals surface area contributed by atoms with Crippen LogP contribution in [-0.4, -0.2) is 25.0 Å². The summed E-state index contributed by atoms with van der Waals surface area (Å²) < 4.78 is 0. The third kappa shape index (κ3) is 6.56. The van der Waals surface area contributed by atoms with E-state index in [4.69, 9.17) is 15.6 Å². The average Bonchev–Trinajstić information content (AvgIpc) is 2.47. The molecule has 1 heterocycles. The van der Waals surface area contributed by atoms with E-state index in [1.54, 1.807) is 5.32 Å². The van der Waals surface area contributed by atoms with E-state index >= 15 is 0 Å². The van der Waals surface area contributed by atoms with Crippen LogP contribution in [0.4, 0.5) is 0 Å². The molecule has 5 heteroatoms. The molecule has 1 fully saturated rings. The van der Waals surface area contributed by atoms with Crippen molar-refractivity contribution in [2.45, 2.75) is 26.2 Å². The highest BCUT2D eigenvalue weighted by Crippen LogP contribution is 2.10. The van der Waals surface area contributed by atoms with Crippen LogP contribution in [0.5, 0.6) is 0 Å². The van der Waals surface area contributed by atoms with Crippen LogP contribution < -0.4 is 16.2 Å². The van der Waals surface area contributed by atoms with Crippen LogP contribution in [0.3, 0.4) is 0 Å². The van der Waals surface area contributed by atoms with Crippen LogP contribution >= 0.6 is 0 Å². The lowest BCUT2D eigenvalue weighted by atomic mass is 10.0. The third-order valence-electron chi connectivity index (χ3n) is 2.02. The molecule has 82 valence electrons. The monoisotopic (exact) mass is 202 g/mol. The van der Waals surface area contributed by atoms with Crippen molar-refractivity contribution in [3.63, 3.8) is 0 Å². The van der Waals surface area contributed by atoms with Crippen molar-refractivity contribution in [3.05, 3.63) is 0 Å². The second kappa shape index (κ2) is 7.46. The lowest BCUT2D eigenvalue weighted by Crippen LogP contribution is -2.85. The average molecular weight is 202 g/mol. The maximum Gasteiger partial charge on any atom is 0.313 e. The molecule has 1 atom stereocenters. The van der Waals surface area contributed by atoms with E-state index < -0.39 is 5.97 Å². The number of carbonyl (C=O) groups excluding carboxylic acids is 2. The second-order valence-electron chi connectivity index (χ2n) is 3.30. The van der Waals surface area contributed by atoms with E-state index in [9.17, 15) is 4.79 Å². The first-order chi connectivity index (χ1) is 6.57. The molecule has 1 saturated heterocycles. The predicted octanol–water partition coefficient (Wildman–Crippen LogP) is -2.41. The zero-order valence-electron chi connectivity index (χ0n) is 8.49. The van der Waals surface area contributed by atoms with Crippen molar-refractivity contribution >= 4 is 11.9 Å². The second-order valence-corrected chi connectivity index (χ2v) is 3.30. The van der Waals surface area contributed by atoms with Crippen LogP contribution in [0.15, 0.2) is 0 Å². The summed E-state index contributed by atoms with van der Waals surface area (Å²) in [6.45, 7) is 2.66. The molecule has 0 bridgehead atoms. The van der Waals surface area contributed by atoms with Gasteiger partial charge in [-0.3, -0.25) is 5.32 Å². The van der Waals surface area contributed by atoms with Crippen molar-refractivity contribution in [1.82, 2.24) is 0 Å². The Kier molecular flexibility index (Phi) is 6.96. The Morgan fingerprint density at radius 1 is 1.71 bits per heavy atom. The first-order valence-corrected chi connectivity index (χ1v) is 4.82. The van der Waals surface area contributed by atoms with Gasteiger partial charge in [0.15, 0.2) is 0 Å². The number of hydrogen-bond acceptors (Lipinski definition) is 4. The van der Waals surface area contributed by atoms with Gasteiger partial charge in [-0.05, 0) is 26.3 Å². The molecule has 5 nitrogen and oxygen atoms in total. The molecule has 1 unspecified atom stereocenters. The Morgan fingerprint density at radius 2 is 2.29 bits per heavy atom. The van der Waals surface area contributed by atoms with Crippen molar-refractivity contribution in [2.75, 3.05) is 13.1 Å². The Balaban J connectivity index is 0.000000364. The molecule has 0 aromatic carbocycles. The first-order valence-electron chi connectivity index (χ1n) is 4.82. The maximum absolute atomic E-state index is 11.0. The number of quaternary nitrogens is 1. The summed E-state index contributed by atoms with van der Waals surface area (Å²) in [4.78, 5) is 19.9. The van der Waals surface area contributed by atoms with Crippen LogP contribution in [-0.2, 0) is 9.59 Å². The van der Waals surface area contributed by atoms with Crippen LogP contribution in [0.2, 0.25) is 0 Å². The molecule has 4 N–H and O–H groups in total. The third-order valence-corrected chi connectivity index (χ3v) is 2.02.